The molecule has 114 valence electrons. The van der Waals surface area contributed by atoms with Crippen molar-refractivity contribution in [3.63, 3.8) is 0 Å². The Labute approximate surface area is 128 Å². The van der Waals surface area contributed by atoms with Crippen molar-refractivity contribution < 1.29 is 18.2 Å². The molecule has 0 aliphatic heterocycles. The molecule has 3 nitrogen and oxygen atoms in total. The molecular formula is C16H16BF2NO2. The average molecular weight is 303 g/mol. The first-order valence-corrected chi connectivity index (χ1v) is 6.91. The topological polar surface area (TPSA) is 52.3 Å². The predicted molar refractivity (Wildman–Crippen MR) is 82.2 cm³/mol. The molecule has 1 unspecified atom stereocenters. The lowest BCUT2D eigenvalue weighted by atomic mass is 9.55. The van der Waals surface area contributed by atoms with E-state index in [2.05, 4.69) is 0 Å². The summed E-state index contributed by atoms with van der Waals surface area (Å²) in [4.78, 5) is 11.9. The smallest absolute Gasteiger partial charge is 0.429 e. The van der Waals surface area contributed by atoms with Gasteiger partial charge in [0.05, 0.1) is 6.42 Å². The van der Waals surface area contributed by atoms with E-state index < -0.39 is 12.9 Å². The van der Waals surface area contributed by atoms with Gasteiger partial charge >= 0.3 is 6.92 Å². The number of rotatable bonds is 5. The van der Waals surface area contributed by atoms with Crippen molar-refractivity contribution in [3.05, 3.63) is 60.2 Å². The summed E-state index contributed by atoms with van der Waals surface area (Å²) in [5, 5.41) is 0. The van der Waals surface area contributed by atoms with Gasteiger partial charge in [-0.1, -0.05) is 24.3 Å². The van der Waals surface area contributed by atoms with E-state index in [0.29, 0.717) is 10.9 Å². The summed E-state index contributed by atoms with van der Waals surface area (Å²) in [6.07, 6.45) is 0.0683. The SMILES string of the molecule is CC(N)CC(=O)OB(c1ccc(F)cc1)c1ccc(F)cc1. The number of hydrogen-bond donors (Lipinski definition) is 1. The Morgan fingerprint density at radius 1 is 1.05 bits per heavy atom. The second-order valence-electron chi connectivity index (χ2n) is 5.15. The normalized spacial score (nSPS) is 11.8. The standard InChI is InChI=1S/C16H16BF2NO2/c1-11(20)10-16(21)22-17(12-2-6-14(18)7-3-12)13-4-8-15(19)9-5-13/h2-9,11H,10,20H2,1H3. The number of carbonyl (C=O) groups is 1. The number of hydrogen-bond acceptors (Lipinski definition) is 3. The highest BCUT2D eigenvalue weighted by Crippen LogP contribution is 2.02. The quantitative estimate of drug-likeness (QED) is 0.848. The van der Waals surface area contributed by atoms with Crippen molar-refractivity contribution in [3.8, 4) is 0 Å². The van der Waals surface area contributed by atoms with Crippen molar-refractivity contribution in [2.24, 2.45) is 5.73 Å². The highest BCUT2D eigenvalue weighted by atomic mass is 19.1. The Bertz CT molecular complexity index is 584. The van der Waals surface area contributed by atoms with Crippen LogP contribution in [-0.2, 0) is 9.45 Å². The first-order chi connectivity index (χ1) is 10.5. The van der Waals surface area contributed by atoms with E-state index in [1.807, 2.05) is 0 Å². The molecule has 0 aliphatic rings. The fraction of sp³-hybridized carbons (Fsp3) is 0.188. The fourth-order valence-corrected chi connectivity index (χ4v) is 2.05. The largest absolute Gasteiger partial charge is 0.526 e. The van der Waals surface area contributed by atoms with E-state index in [1.54, 1.807) is 6.92 Å². The molecule has 0 radical (unpaired) electrons. The molecule has 2 rings (SSSR count). The van der Waals surface area contributed by atoms with Crippen LogP contribution in [0.15, 0.2) is 48.5 Å². The molecular weight excluding hydrogens is 287 g/mol. The summed E-state index contributed by atoms with van der Waals surface area (Å²) in [5.74, 6) is -1.24. The Balaban J connectivity index is 2.29. The highest BCUT2D eigenvalue weighted by Gasteiger charge is 2.26. The van der Waals surface area contributed by atoms with E-state index >= 15 is 0 Å². The molecule has 1 atom stereocenters. The first kappa shape index (κ1) is 16.2. The van der Waals surface area contributed by atoms with Gasteiger partial charge < -0.3 is 10.4 Å². The van der Waals surface area contributed by atoms with Crippen molar-refractivity contribution in [1.29, 1.82) is 0 Å². The van der Waals surface area contributed by atoms with Crippen LogP contribution in [0.5, 0.6) is 0 Å². The molecule has 0 aliphatic carbocycles. The van der Waals surface area contributed by atoms with Crippen LogP contribution < -0.4 is 16.7 Å². The molecule has 0 amide bonds. The van der Waals surface area contributed by atoms with Crippen LogP contribution in [0, 0.1) is 11.6 Å². The number of benzene rings is 2. The van der Waals surface area contributed by atoms with Crippen LogP contribution in [0.1, 0.15) is 13.3 Å². The lowest BCUT2D eigenvalue weighted by Gasteiger charge is -2.16. The predicted octanol–water partition coefficient (Wildman–Crippen LogP) is 1.35. The van der Waals surface area contributed by atoms with Gasteiger partial charge in [-0.05, 0) is 42.1 Å². The van der Waals surface area contributed by atoms with E-state index in [1.165, 1.54) is 48.5 Å². The third-order valence-corrected chi connectivity index (χ3v) is 3.08. The summed E-state index contributed by atoms with van der Waals surface area (Å²) < 4.78 is 31.6. The van der Waals surface area contributed by atoms with Gasteiger partial charge in [-0.2, -0.15) is 0 Å². The molecule has 2 aromatic carbocycles. The lowest BCUT2D eigenvalue weighted by Crippen LogP contribution is -2.47. The zero-order valence-electron chi connectivity index (χ0n) is 12.1. The second-order valence-corrected chi connectivity index (χ2v) is 5.15. The summed E-state index contributed by atoms with van der Waals surface area (Å²) in [6.45, 7) is 0.971. The van der Waals surface area contributed by atoms with Crippen molar-refractivity contribution >= 4 is 23.8 Å². The number of halogens is 2. The van der Waals surface area contributed by atoms with Gasteiger partial charge in [-0.25, -0.2) is 8.78 Å². The number of nitrogens with two attached hydrogens (primary N) is 1. The Kier molecular flexibility index (Phi) is 5.28. The van der Waals surface area contributed by atoms with Gasteiger partial charge in [0.1, 0.15) is 11.6 Å². The van der Waals surface area contributed by atoms with Gasteiger partial charge in [-0.15, -0.1) is 0 Å². The van der Waals surface area contributed by atoms with Crippen molar-refractivity contribution in [2.45, 2.75) is 19.4 Å². The van der Waals surface area contributed by atoms with Crippen LogP contribution in [-0.4, -0.2) is 18.9 Å². The average Bonchev–Trinajstić information content (AvgIpc) is 2.46. The lowest BCUT2D eigenvalue weighted by molar-refractivity contribution is -0.134. The van der Waals surface area contributed by atoms with Crippen LogP contribution >= 0.6 is 0 Å². The second kappa shape index (κ2) is 7.18. The maximum Gasteiger partial charge on any atom is 0.429 e. The number of carbonyl (C=O) groups excluding carboxylic acids is 1. The third kappa shape index (κ3) is 4.39. The van der Waals surface area contributed by atoms with E-state index in [-0.39, 0.29) is 24.1 Å². The van der Waals surface area contributed by atoms with E-state index in [0.717, 1.165) is 0 Å². The zero-order chi connectivity index (χ0) is 16.1. The fourth-order valence-electron chi connectivity index (χ4n) is 2.05. The molecule has 0 fully saturated rings. The van der Waals surface area contributed by atoms with Gasteiger partial charge in [0.2, 0.25) is 0 Å². The summed E-state index contributed by atoms with van der Waals surface area (Å²) in [5.41, 5.74) is 6.79. The van der Waals surface area contributed by atoms with Crippen LogP contribution in [0.25, 0.3) is 0 Å². The molecule has 6 heteroatoms. The minimum Gasteiger partial charge on any atom is -0.526 e. The van der Waals surface area contributed by atoms with E-state index in [9.17, 15) is 13.6 Å². The molecule has 0 spiro atoms. The molecule has 0 saturated carbocycles. The minimum atomic E-state index is -0.729. The van der Waals surface area contributed by atoms with Crippen LogP contribution in [0.3, 0.4) is 0 Å². The molecule has 0 saturated heterocycles. The molecule has 22 heavy (non-hydrogen) atoms. The third-order valence-electron chi connectivity index (χ3n) is 3.08. The summed E-state index contributed by atoms with van der Waals surface area (Å²) >= 11 is 0. The van der Waals surface area contributed by atoms with Gasteiger partial charge in [0.15, 0.2) is 0 Å². The van der Waals surface area contributed by atoms with Gasteiger partial charge in [0.25, 0.3) is 5.97 Å². The monoisotopic (exact) mass is 303 g/mol. The Hall–Kier alpha value is -2.21. The first-order valence-electron chi connectivity index (χ1n) is 6.91. The minimum absolute atomic E-state index is 0.0683. The van der Waals surface area contributed by atoms with E-state index in [4.69, 9.17) is 10.4 Å². The zero-order valence-corrected chi connectivity index (χ0v) is 12.1. The van der Waals surface area contributed by atoms with Gasteiger partial charge in [0, 0.05) is 6.04 Å². The molecule has 2 aromatic rings. The summed E-state index contributed by atoms with van der Waals surface area (Å²) in [7, 11) is 0. The summed E-state index contributed by atoms with van der Waals surface area (Å²) in [6, 6.07) is 10.9. The molecule has 0 heterocycles. The maximum atomic E-state index is 13.1. The Morgan fingerprint density at radius 3 is 1.82 bits per heavy atom. The maximum absolute atomic E-state index is 13.1. The van der Waals surface area contributed by atoms with Crippen LogP contribution in [0.4, 0.5) is 8.78 Å². The molecule has 0 aromatic heterocycles. The van der Waals surface area contributed by atoms with Crippen molar-refractivity contribution in [1.82, 2.24) is 0 Å². The van der Waals surface area contributed by atoms with Crippen molar-refractivity contribution in [2.75, 3.05) is 0 Å². The van der Waals surface area contributed by atoms with Crippen LogP contribution in [0.2, 0.25) is 0 Å². The molecule has 0 bridgehead atoms. The molecule has 2 N–H and O–H groups in total. The van der Waals surface area contributed by atoms with Gasteiger partial charge in [-0.3, -0.25) is 4.79 Å². The highest BCUT2D eigenvalue weighted by molar-refractivity contribution is 6.81. The Morgan fingerprint density at radius 2 is 1.45 bits per heavy atom.